The summed E-state index contributed by atoms with van der Waals surface area (Å²) in [6.45, 7) is 11.9. The molecule has 30 heavy (non-hydrogen) atoms. The lowest BCUT2D eigenvalue weighted by molar-refractivity contribution is -0.133. The van der Waals surface area contributed by atoms with E-state index in [1.807, 2.05) is 0 Å². The zero-order valence-corrected chi connectivity index (χ0v) is 16.6. The second-order valence-corrected chi connectivity index (χ2v) is 4.85. The maximum absolute atomic E-state index is 9.60. The Balaban J connectivity index is -0.0000000891. The van der Waals surface area contributed by atoms with Crippen LogP contribution < -0.4 is 0 Å². The molecule has 174 valence electrons. The topological polar surface area (TPSA) is 230 Å². The van der Waals surface area contributed by atoms with Gasteiger partial charge < -0.3 is 40.9 Å². The molecule has 0 atom stereocenters. The monoisotopic (exact) mass is 438 g/mol. The Bertz CT molecular complexity index is 475. The van der Waals surface area contributed by atoms with E-state index in [1.165, 1.54) is 6.92 Å². The van der Waals surface area contributed by atoms with E-state index < -0.39 is 55.7 Å². The van der Waals surface area contributed by atoms with Crippen LogP contribution in [0, 0.1) is 5.41 Å². The van der Waals surface area contributed by atoms with Crippen molar-refractivity contribution in [2.45, 2.75) is 6.92 Å². The maximum Gasteiger partial charge on any atom is 0.330 e. The lowest BCUT2D eigenvalue weighted by Gasteiger charge is -2.23. The summed E-state index contributed by atoms with van der Waals surface area (Å²) in [6.07, 6.45) is 2.50. The predicted octanol–water partition coefficient (Wildman–Crippen LogP) is -0.640. The van der Waals surface area contributed by atoms with E-state index in [0.717, 1.165) is 18.2 Å². The number of carboxylic acids is 4. The van der Waals surface area contributed by atoms with Gasteiger partial charge in [-0.05, 0) is 6.92 Å². The Hall–Kier alpha value is -3.32. The van der Waals surface area contributed by atoms with Crippen LogP contribution in [0.5, 0.6) is 0 Å². The van der Waals surface area contributed by atoms with Crippen LogP contribution in [0.2, 0.25) is 0 Å². The molecule has 8 N–H and O–H groups in total. The first kappa shape index (κ1) is 37.4. The van der Waals surface area contributed by atoms with Crippen LogP contribution in [-0.4, -0.2) is 91.2 Å². The number of aliphatic carboxylic acids is 4. The highest BCUT2D eigenvalue weighted by Crippen LogP contribution is 2.11. The van der Waals surface area contributed by atoms with Gasteiger partial charge in [0.1, 0.15) is 0 Å². The number of hydrogen-bond acceptors (Lipinski definition) is 8. The van der Waals surface area contributed by atoms with Gasteiger partial charge in [-0.3, -0.25) is 0 Å². The number of carbonyl (C=O) groups is 4. The molecular weight excluding hydrogens is 408 g/mol. The Morgan fingerprint density at radius 2 is 0.800 bits per heavy atom. The summed E-state index contributed by atoms with van der Waals surface area (Å²) in [4.78, 5) is 37.3. The predicted molar refractivity (Wildman–Crippen MR) is 107 cm³/mol. The van der Waals surface area contributed by atoms with E-state index >= 15 is 0 Å². The fourth-order valence-electron chi connectivity index (χ4n) is 0.300. The Morgan fingerprint density at radius 1 is 0.667 bits per heavy atom. The maximum atomic E-state index is 9.60. The molecular formula is C18H30O12. The molecule has 12 heteroatoms. The quantitative estimate of drug-likeness (QED) is 0.221. The highest BCUT2D eigenvalue weighted by Gasteiger charge is 2.26. The Labute approximate surface area is 173 Å². The number of aliphatic hydroxyl groups is 4. The van der Waals surface area contributed by atoms with Crippen LogP contribution in [0.3, 0.4) is 0 Å². The van der Waals surface area contributed by atoms with Gasteiger partial charge in [0.15, 0.2) is 0 Å². The molecule has 0 unspecified atom stereocenters. The van der Waals surface area contributed by atoms with Crippen molar-refractivity contribution in [1.82, 2.24) is 0 Å². The minimum atomic E-state index is -1.11. The number of rotatable bonds is 8. The fourth-order valence-corrected chi connectivity index (χ4v) is 0.300. The number of hydrogen-bond donors (Lipinski definition) is 8. The molecule has 12 nitrogen and oxygen atoms in total. The molecule has 0 rings (SSSR count). The van der Waals surface area contributed by atoms with Gasteiger partial charge in [0, 0.05) is 23.8 Å². The molecule has 0 aliphatic carbocycles. The third kappa shape index (κ3) is 39.7. The molecule has 0 aromatic heterocycles. The van der Waals surface area contributed by atoms with Gasteiger partial charge >= 0.3 is 23.9 Å². The largest absolute Gasteiger partial charge is 0.478 e. The Kier molecular flexibility index (Phi) is 32.0. The van der Waals surface area contributed by atoms with Crippen molar-refractivity contribution in [3.8, 4) is 0 Å². The average molecular weight is 438 g/mol. The summed E-state index contributed by atoms with van der Waals surface area (Å²) in [5.41, 5.74) is -0.935. The van der Waals surface area contributed by atoms with Crippen LogP contribution in [0.25, 0.3) is 0 Å². The molecule has 0 fully saturated rings. The first-order valence-electron chi connectivity index (χ1n) is 7.58. The van der Waals surface area contributed by atoms with Crippen LogP contribution in [0.15, 0.2) is 50.1 Å². The highest BCUT2D eigenvalue weighted by molar-refractivity contribution is 5.84. The molecule has 0 amide bonds. The molecule has 0 aliphatic heterocycles. The third-order valence-electron chi connectivity index (χ3n) is 2.23. The van der Waals surface area contributed by atoms with Gasteiger partial charge in [0.25, 0.3) is 0 Å². The molecule has 0 aromatic rings. The fraction of sp³-hybridized carbons (Fsp3) is 0.333. The van der Waals surface area contributed by atoms with E-state index in [2.05, 4.69) is 26.3 Å². The van der Waals surface area contributed by atoms with E-state index in [4.69, 9.17) is 40.9 Å². The smallest absolute Gasteiger partial charge is 0.330 e. The van der Waals surface area contributed by atoms with E-state index in [0.29, 0.717) is 0 Å². The van der Waals surface area contributed by atoms with Crippen molar-refractivity contribution in [3.05, 3.63) is 50.1 Å². The molecule has 0 saturated heterocycles. The van der Waals surface area contributed by atoms with Crippen LogP contribution in [0.1, 0.15) is 6.92 Å². The lowest BCUT2D eigenvalue weighted by Crippen LogP contribution is -2.37. The van der Waals surface area contributed by atoms with Crippen molar-refractivity contribution >= 4 is 23.9 Å². The van der Waals surface area contributed by atoms with Gasteiger partial charge in [-0.1, -0.05) is 26.3 Å². The van der Waals surface area contributed by atoms with E-state index in [9.17, 15) is 19.2 Å². The van der Waals surface area contributed by atoms with Crippen LogP contribution in [0.4, 0.5) is 0 Å². The molecule has 0 saturated carbocycles. The van der Waals surface area contributed by atoms with Crippen molar-refractivity contribution in [3.63, 3.8) is 0 Å². The lowest BCUT2D eigenvalue weighted by atomic mass is 9.93. The standard InChI is InChI=1S/C5H12O4.C4H6O2.3C3H4O2/c6-1-5(2-7,3-8)4-9;1-3(2)4(5)6;3*1-2-3(4)5/h6-9H,1-4H2;1H2,2H3,(H,5,6);3*2H,1H2,(H,4,5). The summed E-state index contributed by atoms with van der Waals surface area (Å²) >= 11 is 0. The number of carboxylic acid groups (broad SMARTS) is 4. The summed E-state index contributed by atoms with van der Waals surface area (Å²) < 4.78 is 0. The molecule has 0 spiro atoms. The van der Waals surface area contributed by atoms with Gasteiger partial charge in [-0.25, -0.2) is 19.2 Å². The summed E-state index contributed by atoms with van der Waals surface area (Å²) in [7, 11) is 0. The van der Waals surface area contributed by atoms with E-state index in [-0.39, 0.29) is 5.57 Å². The van der Waals surface area contributed by atoms with Gasteiger partial charge in [0.2, 0.25) is 0 Å². The molecule has 0 radical (unpaired) electrons. The second-order valence-electron chi connectivity index (χ2n) is 4.85. The molecule has 0 bridgehead atoms. The first-order valence-corrected chi connectivity index (χ1v) is 7.58. The zero-order valence-electron chi connectivity index (χ0n) is 16.6. The zero-order chi connectivity index (χ0) is 25.3. The Morgan fingerprint density at radius 3 is 0.800 bits per heavy atom. The van der Waals surface area contributed by atoms with Crippen molar-refractivity contribution in [1.29, 1.82) is 0 Å². The minimum Gasteiger partial charge on any atom is -0.478 e. The van der Waals surface area contributed by atoms with Crippen LogP contribution >= 0.6 is 0 Å². The summed E-state index contributed by atoms with van der Waals surface area (Å²) in [6, 6.07) is 0. The van der Waals surface area contributed by atoms with Gasteiger partial charge in [-0.2, -0.15) is 0 Å². The average Bonchev–Trinajstić information content (AvgIpc) is 2.71. The number of aliphatic hydroxyl groups excluding tert-OH is 4. The SMILES string of the molecule is C=C(C)C(=O)O.C=CC(=O)O.C=CC(=O)O.C=CC(=O)O.OCC(CO)(CO)CO. The van der Waals surface area contributed by atoms with Gasteiger partial charge in [0.05, 0.1) is 31.8 Å². The van der Waals surface area contributed by atoms with Crippen molar-refractivity contribution < 1.29 is 60.0 Å². The summed E-state index contributed by atoms with van der Waals surface area (Å²) in [5, 5.41) is 64.7. The van der Waals surface area contributed by atoms with Crippen molar-refractivity contribution in [2.75, 3.05) is 26.4 Å². The highest BCUT2D eigenvalue weighted by atomic mass is 16.4. The van der Waals surface area contributed by atoms with Crippen molar-refractivity contribution in [2.24, 2.45) is 5.41 Å². The second kappa shape index (κ2) is 25.7. The van der Waals surface area contributed by atoms with Gasteiger partial charge in [-0.15, -0.1) is 0 Å². The third-order valence-corrected chi connectivity index (χ3v) is 2.23. The molecule has 0 aromatic carbocycles. The normalized spacial score (nSPS) is 8.30. The van der Waals surface area contributed by atoms with Crippen LogP contribution in [-0.2, 0) is 19.2 Å². The minimum absolute atomic E-state index is 0.176. The molecule has 0 heterocycles. The summed E-state index contributed by atoms with van der Waals surface area (Å²) in [5.74, 6) is -3.88. The molecule has 0 aliphatic rings. The first-order chi connectivity index (χ1) is 13.7. The van der Waals surface area contributed by atoms with E-state index in [1.54, 1.807) is 0 Å².